The van der Waals surface area contributed by atoms with Crippen LogP contribution in [0.5, 0.6) is 5.75 Å². The van der Waals surface area contributed by atoms with Crippen molar-refractivity contribution in [3.05, 3.63) is 94.0 Å². The highest BCUT2D eigenvalue weighted by Crippen LogP contribution is 2.28. The van der Waals surface area contributed by atoms with Gasteiger partial charge in [-0.1, -0.05) is 34.1 Å². The Morgan fingerprint density at radius 2 is 1.89 bits per heavy atom. The Labute approximate surface area is 168 Å². The van der Waals surface area contributed by atoms with Crippen LogP contribution >= 0.6 is 15.9 Å². The Balaban J connectivity index is 1.67. The van der Waals surface area contributed by atoms with Crippen molar-refractivity contribution >= 4 is 39.8 Å². The van der Waals surface area contributed by atoms with Gasteiger partial charge in [0, 0.05) is 15.6 Å². The third kappa shape index (κ3) is 3.79. The number of rotatable bonds is 4. The molecule has 2 aromatic carbocycles. The van der Waals surface area contributed by atoms with Gasteiger partial charge in [0.1, 0.15) is 5.75 Å². The predicted octanol–water partition coefficient (Wildman–Crippen LogP) is 4.61. The van der Waals surface area contributed by atoms with Crippen molar-refractivity contribution in [2.45, 2.75) is 0 Å². The maximum absolute atomic E-state index is 12.2. The zero-order valence-corrected chi connectivity index (χ0v) is 15.9. The van der Waals surface area contributed by atoms with Crippen LogP contribution in [0.1, 0.15) is 21.7 Å². The summed E-state index contributed by atoms with van der Waals surface area (Å²) in [4.78, 5) is 28.7. The van der Waals surface area contributed by atoms with Gasteiger partial charge in [-0.05, 0) is 48.5 Å². The number of halogens is 1. The summed E-state index contributed by atoms with van der Waals surface area (Å²) in [5, 5.41) is 0. The molecule has 0 atom stereocenters. The molecular weight excluding hydrogens is 426 g/mol. The molecule has 0 amide bonds. The minimum Gasteiger partial charge on any atom is -0.457 e. The molecule has 0 fully saturated rings. The minimum atomic E-state index is -0.644. The summed E-state index contributed by atoms with van der Waals surface area (Å²) in [6.07, 6.45) is 2.89. The van der Waals surface area contributed by atoms with Crippen LogP contribution in [0.3, 0.4) is 0 Å². The summed E-state index contributed by atoms with van der Waals surface area (Å²) < 4.78 is 16.4. The molecule has 2 heterocycles. The van der Waals surface area contributed by atoms with E-state index in [0.717, 1.165) is 4.47 Å². The molecule has 28 heavy (non-hydrogen) atoms. The molecule has 1 aromatic heterocycles. The van der Waals surface area contributed by atoms with E-state index in [1.807, 2.05) is 18.2 Å². The van der Waals surface area contributed by atoms with E-state index in [1.54, 1.807) is 36.4 Å². The van der Waals surface area contributed by atoms with E-state index in [-0.39, 0.29) is 23.1 Å². The zero-order chi connectivity index (χ0) is 19.5. The van der Waals surface area contributed by atoms with Crippen molar-refractivity contribution in [2.75, 3.05) is 0 Å². The largest absolute Gasteiger partial charge is 0.457 e. The average Bonchev–Trinajstić information content (AvgIpc) is 3.35. The molecule has 3 aromatic rings. The SMILES string of the molecule is O=C1OC(c2ccccc2)=N/C1=C/c1cc(Br)ccc1OC(=O)c1ccco1. The van der Waals surface area contributed by atoms with Crippen LogP contribution in [-0.4, -0.2) is 17.8 Å². The Kier molecular flexibility index (Phi) is 4.90. The number of hydrogen-bond acceptors (Lipinski definition) is 6. The molecule has 1 aliphatic rings. The van der Waals surface area contributed by atoms with Crippen LogP contribution in [0.2, 0.25) is 0 Å². The summed E-state index contributed by atoms with van der Waals surface area (Å²) in [6.45, 7) is 0. The summed E-state index contributed by atoms with van der Waals surface area (Å²) in [5.74, 6) is -0.669. The van der Waals surface area contributed by atoms with Gasteiger partial charge in [-0.3, -0.25) is 0 Å². The van der Waals surface area contributed by atoms with Crippen LogP contribution in [0.15, 0.2) is 86.5 Å². The number of carbonyl (C=O) groups is 2. The first-order valence-corrected chi connectivity index (χ1v) is 9.03. The normalized spacial score (nSPS) is 14.7. The van der Waals surface area contributed by atoms with E-state index in [0.29, 0.717) is 11.1 Å². The first-order valence-electron chi connectivity index (χ1n) is 8.23. The van der Waals surface area contributed by atoms with Crippen molar-refractivity contribution in [1.29, 1.82) is 0 Å². The van der Waals surface area contributed by atoms with Gasteiger partial charge < -0.3 is 13.9 Å². The zero-order valence-electron chi connectivity index (χ0n) is 14.3. The van der Waals surface area contributed by atoms with Crippen LogP contribution in [0, 0.1) is 0 Å². The van der Waals surface area contributed by atoms with Gasteiger partial charge in [-0.25, -0.2) is 14.6 Å². The molecule has 0 unspecified atom stereocenters. The first kappa shape index (κ1) is 17.9. The summed E-state index contributed by atoms with van der Waals surface area (Å²) in [6, 6.07) is 17.2. The van der Waals surface area contributed by atoms with E-state index in [1.165, 1.54) is 18.4 Å². The highest BCUT2D eigenvalue weighted by molar-refractivity contribution is 9.10. The lowest BCUT2D eigenvalue weighted by molar-refractivity contribution is -0.129. The molecule has 0 N–H and O–H groups in total. The van der Waals surface area contributed by atoms with E-state index < -0.39 is 11.9 Å². The smallest absolute Gasteiger partial charge is 0.379 e. The maximum Gasteiger partial charge on any atom is 0.379 e. The number of hydrogen-bond donors (Lipinski definition) is 0. The Morgan fingerprint density at radius 3 is 2.64 bits per heavy atom. The Morgan fingerprint density at radius 1 is 1.07 bits per heavy atom. The first-order chi connectivity index (χ1) is 13.6. The molecule has 7 heteroatoms. The van der Waals surface area contributed by atoms with E-state index >= 15 is 0 Å². The molecule has 0 spiro atoms. The number of carbonyl (C=O) groups excluding carboxylic acids is 2. The number of benzene rings is 2. The lowest BCUT2D eigenvalue weighted by atomic mass is 10.1. The van der Waals surface area contributed by atoms with E-state index in [4.69, 9.17) is 13.9 Å². The number of nitrogens with zero attached hydrogens (tertiary/aromatic N) is 1. The molecule has 0 saturated carbocycles. The Bertz CT molecular complexity index is 1100. The van der Waals surface area contributed by atoms with Gasteiger partial charge in [0.15, 0.2) is 5.70 Å². The fourth-order valence-electron chi connectivity index (χ4n) is 2.53. The van der Waals surface area contributed by atoms with Crippen molar-refractivity contribution in [3.8, 4) is 5.75 Å². The predicted molar refractivity (Wildman–Crippen MR) is 105 cm³/mol. The summed E-state index contributed by atoms with van der Waals surface area (Å²) in [5.41, 5.74) is 1.28. The van der Waals surface area contributed by atoms with Gasteiger partial charge in [0.25, 0.3) is 0 Å². The molecule has 4 rings (SSSR count). The second-order valence-electron chi connectivity index (χ2n) is 5.75. The van der Waals surface area contributed by atoms with Gasteiger partial charge >= 0.3 is 11.9 Å². The lowest BCUT2D eigenvalue weighted by Crippen LogP contribution is -2.08. The van der Waals surface area contributed by atoms with E-state index in [9.17, 15) is 9.59 Å². The molecule has 138 valence electrons. The van der Waals surface area contributed by atoms with Crippen LogP contribution in [-0.2, 0) is 9.53 Å². The third-order valence-corrected chi connectivity index (χ3v) is 4.32. The van der Waals surface area contributed by atoms with Gasteiger partial charge in [0.2, 0.25) is 11.7 Å². The van der Waals surface area contributed by atoms with Crippen molar-refractivity contribution in [2.24, 2.45) is 4.99 Å². The number of aliphatic imine (C=N–C) groups is 1. The standard InChI is InChI=1S/C21H12BrNO5/c22-15-8-9-17(27-21(25)18-7-4-10-26-18)14(11-15)12-16-20(24)28-19(23-16)13-5-2-1-3-6-13/h1-12H/b16-12+. The van der Waals surface area contributed by atoms with Crippen LogP contribution in [0.4, 0.5) is 0 Å². The molecule has 1 aliphatic heterocycles. The van der Waals surface area contributed by atoms with Crippen LogP contribution in [0.25, 0.3) is 6.08 Å². The molecule has 0 radical (unpaired) electrons. The number of cyclic esters (lactones) is 1. The number of esters is 2. The lowest BCUT2D eigenvalue weighted by Gasteiger charge is -2.07. The van der Waals surface area contributed by atoms with Crippen LogP contribution < -0.4 is 4.74 Å². The monoisotopic (exact) mass is 437 g/mol. The van der Waals surface area contributed by atoms with Gasteiger partial charge in [0.05, 0.1) is 6.26 Å². The number of ether oxygens (including phenoxy) is 2. The second kappa shape index (κ2) is 7.66. The molecule has 0 saturated heterocycles. The minimum absolute atomic E-state index is 0.0752. The van der Waals surface area contributed by atoms with Crippen molar-refractivity contribution in [1.82, 2.24) is 0 Å². The van der Waals surface area contributed by atoms with Gasteiger partial charge in [-0.2, -0.15) is 0 Å². The fraction of sp³-hybridized carbons (Fsp3) is 0. The van der Waals surface area contributed by atoms with Crippen molar-refractivity contribution < 1.29 is 23.5 Å². The highest BCUT2D eigenvalue weighted by atomic mass is 79.9. The van der Waals surface area contributed by atoms with Crippen molar-refractivity contribution in [3.63, 3.8) is 0 Å². The molecule has 0 aliphatic carbocycles. The number of furan rings is 1. The Hall–Kier alpha value is -3.45. The average molecular weight is 438 g/mol. The topological polar surface area (TPSA) is 78.1 Å². The molecule has 6 nitrogen and oxygen atoms in total. The molecular formula is C21H12BrNO5. The fourth-order valence-corrected chi connectivity index (χ4v) is 2.91. The maximum atomic E-state index is 12.2. The van der Waals surface area contributed by atoms with Gasteiger partial charge in [-0.15, -0.1) is 0 Å². The summed E-state index contributed by atoms with van der Waals surface area (Å²) in [7, 11) is 0. The highest BCUT2D eigenvalue weighted by Gasteiger charge is 2.25. The summed E-state index contributed by atoms with van der Waals surface area (Å²) >= 11 is 3.37. The van der Waals surface area contributed by atoms with E-state index in [2.05, 4.69) is 20.9 Å². The molecule has 0 bridgehead atoms. The second-order valence-corrected chi connectivity index (χ2v) is 6.67. The quantitative estimate of drug-likeness (QED) is 0.338. The third-order valence-electron chi connectivity index (χ3n) is 3.83.